The number of nitrogens with two attached hydrogens (primary N) is 1. The summed E-state index contributed by atoms with van der Waals surface area (Å²) < 4.78 is 9.96. The smallest absolute Gasteiger partial charge is 0.145 e. The molecule has 0 unspecified atom stereocenters. The molecule has 0 radical (unpaired) electrons. The lowest BCUT2D eigenvalue weighted by Crippen LogP contribution is -1.92. The predicted octanol–water partition coefficient (Wildman–Crippen LogP) is 1.92. The monoisotopic (exact) mass is 169 g/mol. The molecule has 3 heteroatoms. The first-order chi connectivity index (χ1) is 5.27. The lowest BCUT2D eigenvalue weighted by molar-refractivity contribution is 0.395. The maximum Gasteiger partial charge on any atom is 0.145 e. The molecule has 0 bridgehead atoms. The van der Waals surface area contributed by atoms with Crippen molar-refractivity contribution in [1.82, 2.24) is 0 Å². The average molecular weight is 169 g/mol. The highest BCUT2D eigenvalue weighted by Crippen LogP contribution is 2.25. The Bertz CT molecular complexity index is 248. The zero-order valence-electron chi connectivity index (χ0n) is 6.63. The third-order valence-corrected chi connectivity index (χ3v) is 1.44. The van der Waals surface area contributed by atoms with E-state index >= 15 is 0 Å². The topological polar surface area (TPSA) is 44.5 Å². The van der Waals surface area contributed by atoms with E-state index in [1.807, 2.05) is 0 Å². The molecule has 1 aromatic carbocycles. The van der Waals surface area contributed by atoms with Gasteiger partial charge in [-0.15, -0.1) is 0 Å². The van der Waals surface area contributed by atoms with Crippen molar-refractivity contribution in [3.8, 4) is 11.5 Å². The Balaban J connectivity index is 0.00000121. The second kappa shape index (κ2) is 4.49. The lowest BCUT2D eigenvalue weighted by atomic mass is 10.3. The van der Waals surface area contributed by atoms with Crippen molar-refractivity contribution >= 4 is 5.69 Å². The predicted molar refractivity (Wildman–Crippen MR) is 50.7 cm³/mol. The summed E-state index contributed by atoms with van der Waals surface area (Å²) in [6, 6.07) is 5.28. The average Bonchev–Trinajstić information content (AvgIpc) is 2.05. The van der Waals surface area contributed by atoms with Gasteiger partial charge >= 0.3 is 0 Å². The molecule has 0 amide bonds. The van der Waals surface area contributed by atoms with Crippen LogP contribution in [0.1, 0.15) is 7.43 Å². The molecule has 0 spiro atoms. The number of benzene rings is 1. The molecular formula is C9H15NO2. The molecule has 0 aliphatic carbocycles. The van der Waals surface area contributed by atoms with E-state index in [4.69, 9.17) is 15.2 Å². The molecule has 0 fully saturated rings. The second-order valence-corrected chi connectivity index (χ2v) is 2.11. The zero-order chi connectivity index (χ0) is 8.27. The van der Waals surface area contributed by atoms with Gasteiger partial charge < -0.3 is 15.2 Å². The summed E-state index contributed by atoms with van der Waals surface area (Å²) in [5, 5.41) is 0. The molecule has 0 aliphatic heterocycles. The van der Waals surface area contributed by atoms with E-state index in [-0.39, 0.29) is 7.43 Å². The fraction of sp³-hybridized carbons (Fsp3) is 0.333. The lowest BCUT2D eigenvalue weighted by Gasteiger charge is -2.05. The number of anilines is 1. The molecule has 0 aromatic heterocycles. The van der Waals surface area contributed by atoms with Gasteiger partial charge in [0.25, 0.3) is 0 Å². The van der Waals surface area contributed by atoms with E-state index in [0.29, 0.717) is 11.4 Å². The number of hydrogen-bond donors (Lipinski definition) is 1. The Hall–Kier alpha value is -1.38. The summed E-state index contributed by atoms with van der Waals surface area (Å²) in [6.07, 6.45) is 0. The molecule has 0 saturated heterocycles. The fourth-order valence-electron chi connectivity index (χ4n) is 0.818. The van der Waals surface area contributed by atoms with E-state index in [2.05, 4.69) is 0 Å². The highest BCUT2D eigenvalue weighted by molar-refractivity contribution is 5.55. The Morgan fingerprint density at radius 1 is 1.17 bits per heavy atom. The highest BCUT2D eigenvalue weighted by atomic mass is 16.5. The number of hydrogen-bond acceptors (Lipinski definition) is 3. The molecule has 1 aromatic rings. The SMILES string of the molecule is C.COc1ccc(N)c(OC)c1. The Morgan fingerprint density at radius 2 is 1.83 bits per heavy atom. The molecule has 0 saturated carbocycles. The van der Waals surface area contributed by atoms with Crippen molar-refractivity contribution in [2.75, 3.05) is 20.0 Å². The van der Waals surface area contributed by atoms with Gasteiger partial charge in [0.05, 0.1) is 19.9 Å². The van der Waals surface area contributed by atoms with Gasteiger partial charge in [0.15, 0.2) is 0 Å². The summed E-state index contributed by atoms with van der Waals surface area (Å²) in [4.78, 5) is 0. The highest BCUT2D eigenvalue weighted by Gasteiger charge is 1.99. The van der Waals surface area contributed by atoms with Crippen molar-refractivity contribution in [2.45, 2.75) is 7.43 Å². The van der Waals surface area contributed by atoms with Crippen LogP contribution in [0.3, 0.4) is 0 Å². The third-order valence-electron chi connectivity index (χ3n) is 1.44. The summed E-state index contributed by atoms with van der Waals surface area (Å²) in [7, 11) is 3.18. The van der Waals surface area contributed by atoms with Crippen LogP contribution in [0.2, 0.25) is 0 Å². The van der Waals surface area contributed by atoms with Crippen LogP contribution in [0.4, 0.5) is 5.69 Å². The van der Waals surface area contributed by atoms with Crippen molar-refractivity contribution in [3.63, 3.8) is 0 Å². The minimum atomic E-state index is 0. The normalized spacial score (nSPS) is 8.50. The van der Waals surface area contributed by atoms with Crippen molar-refractivity contribution in [2.24, 2.45) is 0 Å². The first-order valence-electron chi connectivity index (χ1n) is 3.25. The minimum absolute atomic E-state index is 0. The Morgan fingerprint density at radius 3 is 2.33 bits per heavy atom. The van der Waals surface area contributed by atoms with Gasteiger partial charge in [-0.3, -0.25) is 0 Å². The van der Waals surface area contributed by atoms with Crippen LogP contribution < -0.4 is 15.2 Å². The summed E-state index contributed by atoms with van der Waals surface area (Å²) >= 11 is 0. The zero-order valence-corrected chi connectivity index (χ0v) is 6.63. The molecule has 0 heterocycles. The van der Waals surface area contributed by atoms with E-state index in [1.54, 1.807) is 32.4 Å². The number of methoxy groups -OCH3 is 2. The first-order valence-corrected chi connectivity index (χ1v) is 3.25. The molecule has 3 nitrogen and oxygen atoms in total. The number of rotatable bonds is 2. The van der Waals surface area contributed by atoms with Gasteiger partial charge in [-0.05, 0) is 12.1 Å². The number of ether oxygens (including phenoxy) is 2. The first kappa shape index (κ1) is 10.6. The quantitative estimate of drug-likeness (QED) is 0.688. The van der Waals surface area contributed by atoms with Crippen molar-refractivity contribution in [3.05, 3.63) is 18.2 Å². The number of nitrogen functional groups attached to an aromatic ring is 1. The molecule has 1 rings (SSSR count). The van der Waals surface area contributed by atoms with Gasteiger partial charge in [-0.25, -0.2) is 0 Å². The second-order valence-electron chi connectivity index (χ2n) is 2.11. The van der Waals surface area contributed by atoms with Crippen LogP contribution in [0.15, 0.2) is 18.2 Å². The van der Waals surface area contributed by atoms with Crippen LogP contribution in [-0.2, 0) is 0 Å². The molecule has 0 aliphatic rings. The molecule has 12 heavy (non-hydrogen) atoms. The van der Waals surface area contributed by atoms with Crippen LogP contribution in [0.25, 0.3) is 0 Å². The van der Waals surface area contributed by atoms with Gasteiger partial charge in [-0.1, -0.05) is 7.43 Å². The Labute approximate surface area is 73.1 Å². The third kappa shape index (κ3) is 2.05. The molecule has 2 N–H and O–H groups in total. The van der Waals surface area contributed by atoms with Crippen molar-refractivity contribution in [1.29, 1.82) is 0 Å². The van der Waals surface area contributed by atoms with Gasteiger partial charge in [-0.2, -0.15) is 0 Å². The van der Waals surface area contributed by atoms with E-state index in [9.17, 15) is 0 Å². The minimum Gasteiger partial charge on any atom is -0.497 e. The van der Waals surface area contributed by atoms with Crippen LogP contribution in [-0.4, -0.2) is 14.2 Å². The molecule has 68 valence electrons. The van der Waals surface area contributed by atoms with Crippen molar-refractivity contribution < 1.29 is 9.47 Å². The van der Waals surface area contributed by atoms with Gasteiger partial charge in [0.1, 0.15) is 11.5 Å². The molecule has 0 atom stereocenters. The molecular weight excluding hydrogens is 154 g/mol. The van der Waals surface area contributed by atoms with E-state index in [0.717, 1.165) is 5.75 Å². The largest absolute Gasteiger partial charge is 0.497 e. The summed E-state index contributed by atoms with van der Waals surface area (Å²) in [5.41, 5.74) is 6.19. The van der Waals surface area contributed by atoms with Crippen LogP contribution >= 0.6 is 0 Å². The van der Waals surface area contributed by atoms with Crippen LogP contribution in [0, 0.1) is 0 Å². The van der Waals surface area contributed by atoms with E-state index in [1.165, 1.54) is 0 Å². The van der Waals surface area contributed by atoms with Gasteiger partial charge in [0.2, 0.25) is 0 Å². The maximum absolute atomic E-state index is 5.57. The van der Waals surface area contributed by atoms with E-state index < -0.39 is 0 Å². The fourth-order valence-corrected chi connectivity index (χ4v) is 0.818. The summed E-state index contributed by atoms with van der Waals surface area (Å²) in [6.45, 7) is 0. The summed E-state index contributed by atoms with van der Waals surface area (Å²) in [5.74, 6) is 1.39. The van der Waals surface area contributed by atoms with Gasteiger partial charge in [0, 0.05) is 6.07 Å². The maximum atomic E-state index is 5.57. The van der Waals surface area contributed by atoms with Crippen LogP contribution in [0.5, 0.6) is 11.5 Å². The Kier molecular flexibility index (Phi) is 3.97. The standard InChI is InChI=1S/C8H11NO2.CH4/c1-10-6-3-4-7(9)8(5-6)11-2;/h3-5H,9H2,1-2H3;1H4.